The van der Waals surface area contributed by atoms with Gasteiger partial charge in [0, 0.05) is 17.5 Å². The number of methoxy groups -OCH3 is 1. The molecule has 0 radical (unpaired) electrons. The van der Waals surface area contributed by atoms with Crippen LogP contribution in [0.4, 0.5) is 5.00 Å². The summed E-state index contributed by atoms with van der Waals surface area (Å²) in [4.78, 5) is 25.5. The van der Waals surface area contributed by atoms with Crippen molar-refractivity contribution < 1.29 is 23.5 Å². The van der Waals surface area contributed by atoms with Gasteiger partial charge in [-0.15, -0.1) is 28.1 Å². The van der Waals surface area contributed by atoms with Crippen LogP contribution < -0.4 is 10.1 Å². The van der Waals surface area contributed by atoms with Gasteiger partial charge in [0.15, 0.2) is 11.0 Å². The van der Waals surface area contributed by atoms with Crippen LogP contribution in [0.3, 0.4) is 0 Å². The number of furan rings is 1. The average Bonchev–Trinajstić information content (AvgIpc) is 3.63. The van der Waals surface area contributed by atoms with Crippen molar-refractivity contribution in [3.63, 3.8) is 0 Å². The fourth-order valence-electron chi connectivity index (χ4n) is 3.48. The largest absolute Gasteiger partial charge is 0.496 e. The van der Waals surface area contributed by atoms with Gasteiger partial charge >= 0.3 is 5.97 Å². The SMILES string of the molecule is C=CCn1c(SCC(=O)Nc2scc(-c3ccco3)c2C(=O)OCC)nnc1-c1ccccc1OC. The number of aromatic nitrogens is 3. The molecule has 0 aliphatic heterocycles. The molecular weight excluding hydrogens is 500 g/mol. The van der Waals surface area contributed by atoms with Crippen LogP contribution in [-0.4, -0.2) is 46.1 Å². The maximum atomic E-state index is 12.9. The first-order valence-electron chi connectivity index (χ1n) is 11.0. The molecule has 36 heavy (non-hydrogen) atoms. The molecule has 0 saturated carbocycles. The number of ether oxygens (including phenoxy) is 2. The van der Waals surface area contributed by atoms with Gasteiger partial charge in [-0.05, 0) is 31.2 Å². The lowest BCUT2D eigenvalue weighted by molar-refractivity contribution is -0.113. The van der Waals surface area contributed by atoms with Crippen LogP contribution in [0.25, 0.3) is 22.7 Å². The Kier molecular flexibility index (Phi) is 8.24. The summed E-state index contributed by atoms with van der Waals surface area (Å²) < 4.78 is 18.0. The zero-order valence-electron chi connectivity index (χ0n) is 19.7. The van der Waals surface area contributed by atoms with Gasteiger partial charge in [-0.3, -0.25) is 9.36 Å². The van der Waals surface area contributed by atoms with E-state index < -0.39 is 5.97 Å². The van der Waals surface area contributed by atoms with E-state index in [0.717, 1.165) is 5.56 Å². The van der Waals surface area contributed by atoms with Gasteiger partial charge in [0.2, 0.25) is 5.91 Å². The maximum absolute atomic E-state index is 12.9. The number of thiophene rings is 1. The molecule has 11 heteroatoms. The summed E-state index contributed by atoms with van der Waals surface area (Å²) in [7, 11) is 1.60. The van der Waals surface area contributed by atoms with Crippen LogP contribution in [0.15, 0.2) is 70.3 Å². The minimum Gasteiger partial charge on any atom is -0.496 e. The van der Waals surface area contributed by atoms with Crippen molar-refractivity contribution in [1.82, 2.24) is 14.8 Å². The predicted molar refractivity (Wildman–Crippen MR) is 140 cm³/mol. The number of hydrogen-bond acceptors (Lipinski definition) is 9. The molecule has 0 spiro atoms. The number of carbonyl (C=O) groups excluding carboxylic acids is 2. The van der Waals surface area contributed by atoms with E-state index in [2.05, 4.69) is 22.1 Å². The number of para-hydroxylation sites is 1. The molecular formula is C25H24N4O5S2. The summed E-state index contributed by atoms with van der Waals surface area (Å²) in [5.74, 6) is 1.02. The molecule has 0 fully saturated rings. The number of anilines is 1. The molecule has 4 rings (SSSR count). The number of nitrogens with zero attached hydrogens (tertiary/aromatic N) is 3. The second-order valence-electron chi connectivity index (χ2n) is 7.29. The van der Waals surface area contributed by atoms with Gasteiger partial charge in [-0.1, -0.05) is 30.0 Å². The second kappa shape index (κ2) is 11.7. The average molecular weight is 525 g/mol. The Morgan fingerprint density at radius 2 is 2.06 bits per heavy atom. The Labute approximate surface area is 216 Å². The Balaban J connectivity index is 1.53. The van der Waals surface area contributed by atoms with E-state index in [9.17, 15) is 9.59 Å². The van der Waals surface area contributed by atoms with E-state index in [0.29, 0.717) is 39.6 Å². The van der Waals surface area contributed by atoms with Gasteiger partial charge in [-0.2, -0.15) is 0 Å². The van der Waals surface area contributed by atoms with Crippen molar-refractivity contribution in [1.29, 1.82) is 0 Å². The van der Waals surface area contributed by atoms with Gasteiger partial charge in [0.05, 0.1) is 31.3 Å². The summed E-state index contributed by atoms with van der Waals surface area (Å²) in [5, 5.41) is 14.1. The first-order valence-corrected chi connectivity index (χ1v) is 12.9. The fraction of sp³-hybridized carbons (Fsp3) is 0.200. The summed E-state index contributed by atoms with van der Waals surface area (Å²) >= 11 is 2.46. The highest BCUT2D eigenvalue weighted by Crippen LogP contribution is 2.37. The van der Waals surface area contributed by atoms with Crippen molar-refractivity contribution in [2.75, 3.05) is 24.8 Å². The Hall–Kier alpha value is -3.83. The summed E-state index contributed by atoms with van der Waals surface area (Å²) in [6.07, 6.45) is 3.26. The van der Waals surface area contributed by atoms with Crippen molar-refractivity contribution in [3.05, 3.63) is 66.3 Å². The minimum absolute atomic E-state index is 0.0530. The molecule has 0 saturated heterocycles. The van der Waals surface area contributed by atoms with Crippen LogP contribution in [0, 0.1) is 0 Å². The number of thioether (sulfide) groups is 1. The first kappa shape index (κ1) is 25.3. The van der Waals surface area contributed by atoms with Crippen molar-refractivity contribution in [2.24, 2.45) is 0 Å². The lowest BCUT2D eigenvalue weighted by atomic mass is 10.1. The quantitative estimate of drug-likeness (QED) is 0.159. The fourth-order valence-corrected chi connectivity index (χ4v) is 5.18. The molecule has 0 bridgehead atoms. The van der Waals surface area contributed by atoms with Gasteiger partial charge in [0.25, 0.3) is 0 Å². The van der Waals surface area contributed by atoms with Crippen LogP contribution >= 0.6 is 23.1 Å². The third-order valence-corrected chi connectivity index (χ3v) is 6.88. The lowest BCUT2D eigenvalue weighted by Gasteiger charge is -2.11. The second-order valence-corrected chi connectivity index (χ2v) is 9.12. The number of allylic oxidation sites excluding steroid dienone is 1. The number of benzene rings is 1. The Morgan fingerprint density at radius 1 is 1.22 bits per heavy atom. The molecule has 1 aromatic carbocycles. The molecule has 0 aliphatic rings. The van der Waals surface area contributed by atoms with Crippen LogP contribution in [0.5, 0.6) is 5.75 Å². The molecule has 186 valence electrons. The van der Waals surface area contributed by atoms with Crippen LogP contribution in [-0.2, 0) is 16.1 Å². The van der Waals surface area contributed by atoms with Gasteiger partial charge < -0.3 is 19.2 Å². The zero-order valence-corrected chi connectivity index (χ0v) is 21.4. The van der Waals surface area contributed by atoms with Crippen molar-refractivity contribution in [2.45, 2.75) is 18.6 Å². The molecule has 1 amide bonds. The lowest BCUT2D eigenvalue weighted by Crippen LogP contribution is -2.16. The molecule has 1 N–H and O–H groups in total. The van der Waals surface area contributed by atoms with Crippen molar-refractivity contribution >= 4 is 40.0 Å². The van der Waals surface area contributed by atoms with E-state index in [1.807, 2.05) is 28.8 Å². The number of nitrogens with one attached hydrogen (secondary N) is 1. The van der Waals surface area contributed by atoms with E-state index >= 15 is 0 Å². The highest BCUT2D eigenvalue weighted by atomic mass is 32.2. The van der Waals surface area contributed by atoms with E-state index in [4.69, 9.17) is 13.9 Å². The molecule has 3 aromatic heterocycles. The maximum Gasteiger partial charge on any atom is 0.341 e. The topological polar surface area (TPSA) is 108 Å². The monoisotopic (exact) mass is 524 g/mol. The molecule has 9 nitrogen and oxygen atoms in total. The highest BCUT2D eigenvalue weighted by molar-refractivity contribution is 7.99. The highest BCUT2D eigenvalue weighted by Gasteiger charge is 2.24. The van der Waals surface area contributed by atoms with Gasteiger partial charge in [0.1, 0.15) is 22.1 Å². The molecule has 3 heterocycles. The molecule has 0 atom stereocenters. The number of rotatable bonds is 11. The van der Waals surface area contributed by atoms with Crippen LogP contribution in [0.2, 0.25) is 0 Å². The molecule has 0 aliphatic carbocycles. The number of amides is 1. The predicted octanol–water partition coefficient (Wildman–Crippen LogP) is 5.37. The van der Waals surface area contributed by atoms with E-state index in [1.165, 1.54) is 29.4 Å². The summed E-state index contributed by atoms with van der Waals surface area (Å²) in [5.41, 5.74) is 1.62. The number of esters is 1. The number of carbonyl (C=O) groups is 2. The molecule has 0 unspecified atom stereocenters. The van der Waals surface area contributed by atoms with E-state index in [1.54, 1.807) is 37.6 Å². The summed E-state index contributed by atoms with van der Waals surface area (Å²) in [6, 6.07) is 11.0. The van der Waals surface area contributed by atoms with Crippen molar-refractivity contribution in [3.8, 4) is 28.5 Å². The first-order chi connectivity index (χ1) is 17.6. The smallest absolute Gasteiger partial charge is 0.341 e. The Bertz CT molecular complexity index is 1360. The zero-order chi connectivity index (χ0) is 25.5. The minimum atomic E-state index is -0.528. The molecule has 4 aromatic rings. The third-order valence-electron chi connectivity index (χ3n) is 5.02. The third kappa shape index (κ3) is 5.37. The normalized spacial score (nSPS) is 10.7. The van der Waals surface area contributed by atoms with Gasteiger partial charge in [-0.25, -0.2) is 4.79 Å². The number of hydrogen-bond donors (Lipinski definition) is 1. The van der Waals surface area contributed by atoms with Crippen LogP contribution in [0.1, 0.15) is 17.3 Å². The standard InChI is InChI=1S/C25H24N4O5S2/c1-4-12-29-22(16-9-6-7-10-18(16)32-3)27-28-25(29)36-15-20(30)26-23-21(24(31)33-5-2)17(14-35-23)19-11-8-13-34-19/h4,6-11,13-14H,1,5,12,15H2,2-3H3,(H,26,30). The van der Waals surface area contributed by atoms with E-state index in [-0.39, 0.29) is 23.8 Å². The summed E-state index contributed by atoms with van der Waals surface area (Å²) in [6.45, 7) is 6.21. The Morgan fingerprint density at radius 3 is 2.78 bits per heavy atom.